The number of aromatic amines is 1. The Balaban J connectivity index is 1.74. The van der Waals surface area contributed by atoms with Crippen molar-refractivity contribution in [1.29, 1.82) is 0 Å². The summed E-state index contributed by atoms with van der Waals surface area (Å²) in [6.07, 6.45) is 1.53. The average Bonchev–Trinajstić information content (AvgIpc) is 2.72. The number of anilines is 1. The van der Waals surface area contributed by atoms with E-state index in [4.69, 9.17) is 21.1 Å². The third-order valence-electron chi connectivity index (χ3n) is 3.96. The summed E-state index contributed by atoms with van der Waals surface area (Å²) < 4.78 is 25.3. The van der Waals surface area contributed by atoms with Gasteiger partial charge in [0.1, 0.15) is 18.1 Å². The van der Waals surface area contributed by atoms with Crippen LogP contribution in [0.3, 0.4) is 0 Å². The number of halogens is 2. The highest BCUT2D eigenvalue weighted by atomic mass is 35.5. The molecule has 0 radical (unpaired) electrons. The van der Waals surface area contributed by atoms with Gasteiger partial charge in [-0.2, -0.15) is 15.2 Å². The molecule has 0 amide bonds. The van der Waals surface area contributed by atoms with Crippen molar-refractivity contribution in [2.75, 3.05) is 12.0 Å². The molecule has 0 bridgehead atoms. The summed E-state index contributed by atoms with van der Waals surface area (Å²) in [7, 11) is 0. The van der Waals surface area contributed by atoms with Crippen LogP contribution in [-0.2, 0) is 6.61 Å². The highest BCUT2D eigenvalue weighted by molar-refractivity contribution is 6.31. The van der Waals surface area contributed by atoms with E-state index in [0.29, 0.717) is 34.4 Å². The van der Waals surface area contributed by atoms with Gasteiger partial charge in [-0.25, -0.2) is 14.3 Å². The zero-order valence-electron chi connectivity index (χ0n) is 16.3. The van der Waals surface area contributed by atoms with Crippen LogP contribution in [0.25, 0.3) is 0 Å². The summed E-state index contributed by atoms with van der Waals surface area (Å²) in [6.45, 7) is 3.90. The number of ether oxygens (including phenoxy) is 2. The molecule has 1 aromatic heterocycles. The van der Waals surface area contributed by atoms with Crippen molar-refractivity contribution in [3.63, 3.8) is 0 Å². The Morgan fingerprint density at radius 3 is 2.87 bits per heavy atom. The van der Waals surface area contributed by atoms with Gasteiger partial charge in [-0.1, -0.05) is 17.7 Å². The molecular weight excluding hydrogens is 413 g/mol. The van der Waals surface area contributed by atoms with Gasteiger partial charge in [0.2, 0.25) is 0 Å². The van der Waals surface area contributed by atoms with Crippen LogP contribution < -0.4 is 20.6 Å². The number of nitrogens with zero attached hydrogens (tertiary/aromatic N) is 3. The summed E-state index contributed by atoms with van der Waals surface area (Å²) in [6, 6.07) is 9.64. The number of H-pyrrole nitrogens is 1. The van der Waals surface area contributed by atoms with E-state index in [1.165, 1.54) is 18.3 Å². The van der Waals surface area contributed by atoms with E-state index < -0.39 is 11.5 Å². The maximum Gasteiger partial charge on any atom is 0.363 e. The zero-order valence-corrected chi connectivity index (χ0v) is 17.0. The van der Waals surface area contributed by atoms with E-state index in [1.54, 1.807) is 31.2 Å². The van der Waals surface area contributed by atoms with Crippen LogP contribution in [0, 0.1) is 12.7 Å². The number of hydrogen-bond acceptors (Lipinski definition) is 7. The Hall–Kier alpha value is -3.46. The second-order valence-electron chi connectivity index (χ2n) is 6.07. The van der Waals surface area contributed by atoms with Crippen molar-refractivity contribution in [2.45, 2.75) is 20.5 Å². The summed E-state index contributed by atoms with van der Waals surface area (Å²) >= 11 is 6.04. The van der Waals surface area contributed by atoms with Crippen LogP contribution >= 0.6 is 11.6 Å². The van der Waals surface area contributed by atoms with E-state index in [-0.39, 0.29) is 18.0 Å². The number of aromatic nitrogens is 3. The normalized spacial score (nSPS) is 10.9. The van der Waals surface area contributed by atoms with Crippen molar-refractivity contribution < 1.29 is 13.9 Å². The summed E-state index contributed by atoms with van der Waals surface area (Å²) in [4.78, 5) is 15.0. The molecule has 1 heterocycles. The van der Waals surface area contributed by atoms with Crippen molar-refractivity contribution in [1.82, 2.24) is 15.2 Å². The fourth-order valence-electron chi connectivity index (χ4n) is 2.48. The second-order valence-corrected chi connectivity index (χ2v) is 6.48. The third-order valence-corrected chi connectivity index (χ3v) is 4.31. The molecule has 0 aliphatic heterocycles. The molecule has 0 unspecified atom stereocenters. The largest absolute Gasteiger partial charge is 0.490 e. The predicted octanol–water partition coefficient (Wildman–Crippen LogP) is 3.69. The van der Waals surface area contributed by atoms with E-state index in [9.17, 15) is 9.18 Å². The molecule has 0 atom stereocenters. The molecule has 0 spiro atoms. The zero-order chi connectivity index (χ0) is 21.5. The number of benzene rings is 2. The Morgan fingerprint density at radius 2 is 2.10 bits per heavy atom. The molecule has 8 nitrogen and oxygen atoms in total. The van der Waals surface area contributed by atoms with Gasteiger partial charge in [0.05, 0.1) is 17.8 Å². The van der Waals surface area contributed by atoms with E-state index >= 15 is 0 Å². The van der Waals surface area contributed by atoms with Gasteiger partial charge in [-0.3, -0.25) is 5.43 Å². The Labute approximate surface area is 176 Å². The van der Waals surface area contributed by atoms with E-state index in [2.05, 4.69) is 25.7 Å². The topological polar surface area (TPSA) is 101 Å². The standard InChI is InChI=1S/C20H19ClFN5O3/c1-3-29-18-9-13(10-23-26-19-12(2)25-27-20(28)24-19)7-8-17(18)30-11-14-15(21)5-4-6-16(14)22/h4-10H,3,11H2,1-2H3,(H2,24,26,27,28). The van der Waals surface area contributed by atoms with Gasteiger partial charge in [0.25, 0.3) is 0 Å². The molecule has 0 saturated heterocycles. The molecule has 0 fully saturated rings. The first-order chi connectivity index (χ1) is 14.5. The third kappa shape index (κ3) is 5.32. The molecule has 2 N–H and O–H groups in total. The fourth-order valence-corrected chi connectivity index (χ4v) is 2.70. The van der Waals surface area contributed by atoms with Gasteiger partial charge in [-0.05, 0) is 49.7 Å². The van der Waals surface area contributed by atoms with Crippen molar-refractivity contribution >= 4 is 23.6 Å². The maximum atomic E-state index is 13.9. The fraction of sp³-hybridized carbons (Fsp3) is 0.200. The number of rotatable bonds is 8. The highest BCUT2D eigenvalue weighted by Gasteiger charge is 2.11. The summed E-state index contributed by atoms with van der Waals surface area (Å²) in [5.41, 5.74) is 3.57. The van der Waals surface area contributed by atoms with E-state index in [0.717, 1.165) is 0 Å². The minimum absolute atomic E-state index is 0.0406. The minimum Gasteiger partial charge on any atom is -0.490 e. The van der Waals surface area contributed by atoms with Crippen molar-refractivity contribution in [3.8, 4) is 11.5 Å². The first kappa shape index (κ1) is 21.3. The van der Waals surface area contributed by atoms with Gasteiger partial charge in [-0.15, -0.1) is 0 Å². The monoisotopic (exact) mass is 431 g/mol. The first-order valence-electron chi connectivity index (χ1n) is 9.03. The smallest absolute Gasteiger partial charge is 0.363 e. The minimum atomic E-state index is -0.576. The lowest BCUT2D eigenvalue weighted by Gasteiger charge is -2.13. The molecule has 0 aliphatic carbocycles. The van der Waals surface area contributed by atoms with Gasteiger partial charge < -0.3 is 9.47 Å². The SMILES string of the molecule is CCOc1cc(C=NNc2nc(=O)[nH]nc2C)ccc1OCc1c(F)cccc1Cl. The lowest BCUT2D eigenvalue weighted by Crippen LogP contribution is -2.15. The van der Waals surface area contributed by atoms with Crippen molar-refractivity contribution in [2.24, 2.45) is 5.10 Å². The molecule has 30 heavy (non-hydrogen) atoms. The van der Waals surface area contributed by atoms with Crippen LogP contribution in [0.2, 0.25) is 5.02 Å². The van der Waals surface area contributed by atoms with Gasteiger partial charge in [0, 0.05) is 5.56 Å². The summed E-state index contributed by atoms with van der Waals surface area (Å²) in [5.74, 6) is 0.730. The molecule has 2 aromatic carbocycles. The molecule has 3 aromatic rings. The number of hydrazone groups is 1. The van der Waals surface area contributed by atoms with Crippen molar-refractivity contribution in [3.05, 3.63) is 74.5 Å². The van der Waals surface area contributed by atoms with Crippen LogP contribution in [-0.4, -0.2) is 28.0 Å². The highest BCUT2D eigenvalue weighted by Crippen LogP contribution is 2.30. The van der Waals surface area contributed by atoms with Crippen LogP contribution in [0.4, 0.5) is 10.2 Å². The lowest BCUT2D eigenvalue weighted by molar-refractivity contribution is 0.266. The maximum absolute atomic E-state index is 13.9. The Bertz CT molecular complexity index is 1100. The molecule has 3 rings (SSSR count). The van der Waals surface area contributed by atoms with Crippen LogP contribution in [0.5, 0.6) is 11.5 Å². The number of hydrogen-bond donors (Lipinski definition) is 2. The molecule has 0 aliphatic rings. The van der Waals surface area contributed by atoms with Gasteiger partial charge in [0.15, 0.2) is 17.3 Å². The lowest BCUT2D eigenvalue weighted by atomic mass is 10.2. The summed E-state index contributed by atoms with van der Waals surface area (Å²) in [5, 5.41) is 10.4. The van der Waals surface area contributed by atoms with E-state index in [1.807, 2.05) is 6.92 Å². The molecule has 10 heteroatoms. The Morgan fingerprint density at radius 1 is 1.27 bits per heavy atom. The quantitative estimate of drug-likeness (QED) is 0.416. The Kier molecular flexibility index (Phi) is 6.97. The average molecular weight is 432 g/mol. The first-order valence-corrected chi connectivity index (χ1v) is 9.40. The molecule has 0 saturated carbocycles. The van der Waals surface area contributed by atoms with Crippen LogP contribution in [0.1, 0.15) is 23.7 Å². The number of nitrogens with one attached hydrogen (secondary N) is 2. The van der Waals surface area contributed by atoms with Crippen LogP contribution in [0.15, 0.2) is 46.3 Å². The number of aryl methyl sites for hydroxylation is 1. The second kappa shape index (κ2) is 9.84. The predicted molar refractivity (Wildman–Crippen MR) is 112 cm³/mol. The molecule has 156 valence electrons. The van der Waals surface area contributed by atoms with Gasteiger partial charge >= 0.3 is 5.69 Å². The molecular formula is C20H19ClFN5O3.